The van der Waals surface area contributed by atoms with E-state index in [1.165, 1.54) is 18.4 Å². The molecule has 30 heavy (non-hydrogen) atoms. The van der Waals surface area contributed by atoms with E-state index >= 15 is 0 Å². The number of nitrogens with zero attached hydrogens (tertiary/aromatic N) is 2. The van der Waals surface area contributed by atoms with Crippen LogP contribution < -0.4 is 10.2 Å². The Balaban J connectivity index is 1.63. The van der Waals surface area contributed by atoms with Gasteiger partial charge in [-0.1, -0.05) is 35.9 Å². The number of carbonyl (C=O) groups excluding carboxylic acids is 1. The second kappa shape index (κ2) is 8.70. The van der Waals surface area contributed by atoms with Crippen LogP contribution in [0, 0.1) is 13.8 Å². The highest BCUT2D eigenvalue weighted by Crippen LogP contribution is 2.31. The second-order valence-corrected chi connectivity index (χ2v) is 8.31. The first-order valence-corrected chi connectivity index (χ1v) is 10.7. The van der Waals surface area contributed by atoms with Gasteiger partial charge in [0, 0.05) is 42.3 Å². The molecule has 1 amide bonds. The van der Waals surface area contributed by atoms with Gasteiger partial charge in [0.05, 0.1) is 0 Å². The van der Waals surface area contributed by atoms with Crippen molar-refractivity contribution in [1.82, 2.24) is 10.3 Å². The van der Waals surface area contributed by atoms with Crippen LogP contribution in [0.25, 0.3) is 11.1 Å². The first-order chi connectivity index (χ1) is 14.5. The Kier molecular flexibility index (Phi) is 5.84. The highest BCUT2D eigenvalue weighted by Gasteiger charge is 2.22. The molecule has 4 nitrogen and oxygen atoms in total. The second-order valence-electron chi connectivity index (χ2n) is 8.31. The lowest BCUT2D eigenvalue weighted by atomic mass is 10.00. The minimum absolute atomic E-state index is 0.0577. The van der Waals surface area contributed by atoms with Gasteiger partial charge in [-0.15, -0.1) is 0 Å². The molecular formula is C26H29N3O. The van der Waals surface area contributed by atoms with Crippen molar-refractivity contribution >= 4 is 11.6 Å². The zero-order chi connectivity index (χ0) is 21.1. The maximum atomic E-state index is 13.0. The summed E-state index contributed by atoms with van der Waals surface area (Å²) in [4.78, 5) is 19.7. The van der Waals surface area contributed by atoms with Gasteiger partial charge < -0.3 is 10.2 Å². The molecule has 1 aliphatic rings. The lowest BCUT2D eigenvalue weighted by Crippen LogP contribution is -2.27. The molecule has 0 radical (unpaired) electrons. The molecule has 3 aromatic rings. The number of nitrogens with one attached hydrogen (secondary N) is 1. The average Bonchev–Trinajstić information content (AvgIpc) is 3.19. The molecule has 4 heteroatoms. The van der Waals surface area contributed by atoms with E-state index < -0.39 is 0 Å². The SMILES string of the molecule is Cc1ccc(-c2cc(C(=O)NCc3ccc(C)nc3)cc(N3CCCC3C)c2)cc1. The summed E-state index contributed by atoms with van der Waals surface area (Å²) < 4.78 is 0. The van der Waals surface area contributed by atoms with Gasteiger partial charge in [-0.25, -0.2) is 0 Å². The Morgan fingerprint density at radius 1 is 1.07 bits per heavy atom. The molecule has 0 saturated carbocycles. The van der Waals surface area contributed by atoms with Crippen molar-refractivity contribution in [1.29, 1.82) is 0 Å². The summed E-state index contributed by atoms with van der Waals surface area (Å²) >= 11 is 0. The molecule has 0 spiro atoms. The number of hydrogen-bond acceptors (Lipinski definition) is 3. The van der Waals surface area contributed by atoms with Crippen LogP contribution in [0.5, 0.6) is 0 Å². The smallest absolute Gasteiger partial charge is 0.251 e. The molecular weight excluding hydrogens is 370 g/mol. The molecule has 1 aliphatic heterocycles. The lowest BCUT2D eigenvalue weighted by molar-refractivity contribution is 0.0951. The number of rotatable bonds is 5. The van der Waals surface area contributed by atoms with Gasteiger partial charge in [-0.05, 0) is 74.6 Å². The van der Waals surface area contributed by atoms with Crippen molar-refractivity contribution in [2.24, 2.45) is 0 Å². The number of amides is 1. The maximum absolute atomic E-state index is 13.0. The minimum atomic E-state index is -0.0577. The summed E-state index contributed by atoms with van der Waals surface area (Å²) in [5.41, 5.74) is 7.23. The van der Waals surface area contributed by atoms with Gasteiger partial charge >= 0.3 is 0 Å². The van der Waals surface area contributed by atoms with E-state index in [9.17, 15) is 4.79 Å². The fraction of sp³-hybridized carbons (Fsp3) is 0.308. The fourth-order valence-corrected chi connectivity index (χ4v) is 4.03. The summed E-state index contributed by atoms with van der Waals surface area (Å²) in [6, 6.07) is 19.2. The van der Waals surface area contributed by atoms with Crippen molar-refractivity contribution in [3.05, 3.63) is 83.2 Å². The molecule has 0 bridgehead atoms. The monoisotopic (exact) mass is 399 g/mol. The molecule has 4 rings (SSSR count). The number of aromatic nitrogens is 1. The molecule has 1 atom stereocenters. The standard InChI is InChI=1S/C26H29N3O/c1-18-6-10-22(11-7-18)23-13-24(15-25(14-23)29-12-4-5-20(29)3)26(30)28-17-21-9-8-19(2)27-16-21/h6-11,13-16,20H,4-5,12,17H2,1-3H3,(H,28,30). The fourth-order valence-electron chi connectivity index (χ4n) is 4.03. The Bertz CT molecular complexity index is 1030. The van der Waals surface area contributed by atoms with Crippen LogP contribution >= 0.6 is 0 Å². The third-order valence-electron chi connectivity index (χ3n) is 5.88. The quantitative estimate of drug-likeness (QED) is 0.634. The molecule has 154 valence electrons. The zero-order valence-corrected chi connectivity index (χ0v) is 18.0. The summed E-state index contributed by atoms with van der Waals surface area (Å²) in [5, 5.41) is 3.05. The first-order valence-electron chi connectivity index (χ1n) is 10.7. The number of anilines is 1. The topological polar surface area (TPSA) is 45.2 Å². The van der Waals surface area contributed by atoms with Gasteiger partial charge in [-0.2, -0.15) is 0 Å². The average molecular weight is 400 g/mol. The Hall–Kier alpha value is -3.14. The predicted molar refractivity (Wildman–Crippen MR) is 123 cm³/mol. The van der Waals surface area contributed by atoms with Crippen LogP contribution in [0.2, 0.25) is 0 Å². The lowest BCUT2D eigenvalue weighted by Gasteiger charge is -2.25. The molecule has 1 unspecified atom stereocenters. The number of aryl methyl sites for hydroxylation is 2. The molecule has 1 fully saturated rings. The maximum Gasteiger partial charge on any atom is 0.251 e. The largest absolute Gasteiger partial charge is 0.369 e. The van der Waals surface area contributed by atoms with Crippen LogP contribution in [0.3, 0.4) is 0 Å². The van der Waals surface area contributed by atoms with E-state index in [1.807, 2.05) is 37.4 Å². The van der Waals surface area contributed by atoms with E-state index in [1.54, 1.807) is 0 Å². The molecule has 0 aliphatic carbocycles. The van der Waals surface area contributed by atoms with E-state index in [0.717, 1.165) is 34.6 Å². The van der Waals surface area contributed by atoms with Crippen LogP contribution in [0.4, 0.5) is 5.69 Å². The van der Waals surface area contributed by atoms with Crippen molar-refractivity contribution in [2.75, 3.05) is 11.4 Å². The van der Waals surface area contributed by atoms with E-state index in [4.69, 9.17) is 0 Å². The number of carbonyl (C=O) groups is 1. The number of pyridine rings is 1. The van der Waals surface area contributed by atoms with E-state index in [-0.39, 0.29) is 5.91 Å². The Morgan fingerprint density at radius 3 is 2.53 bits per heavy atom. The molecule has 2 heterocycles. The third kappa shape index (κ3) is 4.54. The summed E-state index contributed by atoms with van der Waals surface area (Å²) in [6.45, 7) is 7.81. The van der Waals surface area contributed by atoms with Gasteiger partial charge in [0.2, 0.25) is 0 Å². The minimum Gasteiger partial charge on any atom is -0.369 e. The third-order valence-corrected chi connectivity index (χ3v) is 5.88. The molecule has 1 N–H and O–H groups in total. The molecule has 1 saturated heterocycles. The van der Waals surface area contributed by atoms with Crippen molar-refractivity contribution in [2.45, 2.75) is 46.2 Å². The van der Waals surface area contributed by atoms with E-state index in [0.29, 0.717) is 18.2 Å². The summed E-state index contributed by atoms with van der Waals surface area (Å²) in [6.07, 6.45) is 4.20. The van der Waals surface area contributed by atoms with Crippen LogP contribution in [-0.2, 0) is 6.54 Å². The molecule has 2 aromatic carbocycles. The number of benzene rings is 2. The van der Waals surface area contributed by atoms with Gasteiger partial charge in [0.25, 0.3) is 5.91 Å². The van der Waals surface area contributed by atoms with Crippen molar-refractivity contribution in [3.8, 4) is 11.1 Å². The zero-order valence-electron chi connectivity index (χ0n) is 18.0. The van der Waals surface area contributed by atoms with Gasteiger partial charge in [0.15, 0.2) is 0 Å². The highest BCUT2D eigenvalue weighted by molar-refractivity contribution is 5.96. The van der Waals surface area contributed by atoms with E-state index in [2.05, 4.69) is 59.4 Å². The molecule has 1 aromatic heterocycles. The van der Waals surface area contributed by atoms with Crippen LogP contribution in [0.1, 0.15) is 46.9 Å². The van der Waals surface area contributed by atoms with Crippen LogP contribution in [0.15, 0.2) is 60.8 Å². The van der Waals surface area contributed by atoms with Crippen molar-refractivity contribution in [3.63, 3.8) is 0 Å². The van der Waals surface area contributed by atoms with Gasteiger partial charge in [-0.3, -0.25) is 9.78 Å². The van der Waals surface area contributed by atoms with Crippen LogP contribution in [-0.4, -0.2) is 23.5 Å². The van der Waals surface area contributed by atoms with Gasteiger partial charge in [0.1, 0.15) is 0 Å². The first kappa shape index (κ1) is 20.1. The predicted octanol–water partition coefficient (Wildman–Crippen LogP) is 5.28. The Morgan fingerprint density at radius 2 is 1.87 bits per heavy atom. The highest BCUT2D eigenvalue weighted by atomic mass is 16.1. The number of hydrogen-bond donors (Lipinski definition) is 1. The normalized spacial score (nSPS) is 16.0. The Labute approximate surface area is 179 Å². The van der Waals surface area contributed by atoms with Crippen molar-refractivity contribution < 1.29 is 4.79 Å². The summed E-state index contributed by atoms with van der Waals surface area (Å²) in [7, 11) is 0. The summed E-state index contributed by atoms with van der Waals surface area (Å²) in [5.74, 6) is -0.0577.